The van der Waals surface area contributed by atoms with Gasteiger partial charge in [-0.1, -0.05) is 30.3 Å². The van der Waals surface area contributed by atoms with Crippen LogP contribution in [0.3, 0.4) is 0 Å². The molecular formula is C27H31FN6O2. The van der Waals surface area contributed by atoms with Crippen LogP contribution in [0.15, 0.2) is 54.6 Å². The summed E-state index contributed by atoms with van der Waals surface area (Å²) in [5.41, 5.74) is 1.62. The van der Waals surface area contributed by atoms with Crippen molar-refractivity contribution in [2.75, 3.05) is 32.7 Å². The molecule has 2 aromatic carbocycles. The maximum atomic E-state index is 13.9. The number of para-hydroxylation sites is 1. The lowest BCUT2D eigenvalue weighted by molar-refractivity contribution is -0.128. The number of hydrogen-bond donors (Lipinski definition) is 0. The highest BCUT2D eigenvalue weighted by atomic mass is 19.1. The second-order valence-electron chi connectivity index (χ2n) is 9.46. The maximum Gasteiger partial charge on any atom is 0.292 e. The minimum absolute atomic E-state index is 0.0932. The molecule has 2 saturated heterocycles. The molecule has 8 nitrogen and oxygen atoms in total. The van der Waals surface area contributed by atoms with E-state index in [9.17, 15) is 14.0 Å². The third-order valence-corrected chi connectivity index (χ3v) is 7.08. The van der Waals surface area contributed by atoms with E-state index in [1.54, 1.807) is 17.9 Å². The number of rotatable bonds is 5. The van der Waals surface area contributed by atoms with Crippen molar-refractivity contribution in [3.63, 3.8) is 0 Å². The summed E-state index contributed by atoms with van der Waals surface area (Å²) in [6, 6.07) is 16.0. The second kappa shape index (κ2) is 10.6. The summed E-state index contributed by atoms with van der Waals surface area (Å²) < 4.78 is 15.8. The van der Waals surface area contributed by atoms with Crippen LogP contribution in [-0.2, 0) is 11.3 Å². The van der Waals surface area contributed by atoms with Gasteiger partial charge in [0.05, 0.1) is 12.6 Å². The molecule has 3 heterocycles. The van der Waals surface area contributed by atoms with Crippen molar-refractivity contribution in [1.82, 2.24) is 29.5 Å². The molecule has 0 saturated carbocycles. The lowest BCUT2D eigenvalue weighted by Crippen LogP contribution is -2.34. The molecule has 2 amide bonds. The molecule has 2 aliphatic heterocycles. The normalized spacial score (nSPS) is 18.9. The zero-order chi connectivity index (χ0) is 25.1. The minimum Gasteiger partial charge on any atom is -0.342 e. The Bertz CT molecular complexity index is 1230. The molecule has 1 aromatic heterocycles. The van der Waals surface area contributed by atoms with E-state index in [4.69, 9.17) is 0 Å². The van der Waals surface area contributed by atoms with Crippen molar-refractivity contribution in [2.24, 2.45) is 0 Å². The first-order valence-electron chi connectivity index (χ1n) is 12.6. The van der Waals surface area contributed by atoms with Crippen LogP contribution >= 0.6 is 0 Å². The van der Waals surface area contributed by atoms with Crippen LogP contribution in [0.25, 0.3) is 5.69 Å². The van der Waals surface area contributed by atoms with Gasteiger partial charge in [0.2, 0.25) is 11.7 Å². The van der Waals surface area contributed by atoms with Gasteiger partial charge in [0, 0.05) is 45.3 Å². The Morgan fingerprint density at radius 2 is 1.78 bits per heavy atom. The van der Waals surface area contributed by atoms with Gasteiger partial charge in [-0.15, -0.1) is 10.2 Å². The number of nitrogens with zero attached hydrogens (tertiary/aromatic N) is 6. The lowest BCUT2D eigenvalue weighted by atomic mass is 10.0. The summed E-state index contributed by atoms with van der Waals surface area (Å²) in [6.45, 7) is 5.70. The van der Waals surface area contributed by atoms with Crippen LogP contribution in [0.1, 0.15) is 54.2 Å². The largest absolute Gasteiger partial charge is 0.342 e. The molecule has 5 rings (SSSR count). The molecular weight excluding hydrogens is 459 g/mol. The highest BCUT2D eigenvalue weighted by Gasteiger charge is 2.34. The van der Waals surface area contributed by atoms with Crippen molar-refractivity contribution < 1.29 is 14.0 Å². The number of hydrogen-bond acceptors (Lipinski definition) is 5. The van der Waals surface area contributed by atoms with Gasteiger partial charge in [0.25, 0.3) is 5.91 Å². The molecule has 0 aliphatic carbocycles. The SMILES string of the molecule is CC(=O)N1CCCN(Cc2nnc(C(=O)N3CCC[C@@H]3c3cccc(F)c3)n2-c2ccccc2)CC1. The first-order chi connectivity index (χ1) is 17.5. The number of benzene rings is 2. The van der Waals surface area contributed by atoms with Crippen molar-refractivity contribution in [3.05, 3.63) is 77.6 Å². The Hall–Kier alpha value is -3.59. The number of halogens is 1. The molecule has 0 spiro atoms. The van der Waals surface area contributed by atoms with E-state index >= 15 is 0 Å². The summed E-state index contributed by atoms with van der Waals surface area (Å²) in [5.74, 6) is 0.531. The molecule has 2 aliphatic rings. The fourth-order valence-corrected chi connectivity index (χ4v) is 5.25. The van der Waals surface area contributed by atoms with Crippen LogP contribution in [0.4, 0.5) is 4.39 Å². The molecule has 3 aromatic rings. The Morgan fingerprint density at radius 3 is 2.56 bits per heavy atom. The quantitative estimate of drug-likeness (QED) is 0.548. The number of carbonyl (C=O) groups is 2. The molecule has 0 bridgehead atoms. The molecule has 188 valence electrons. The van der Waals surface area contributed by atoms with Gasteiger partial charge in [0.15, 0.2) is 5.82 Å². The third kappa shape index (κ3) is 5.02. The van der Waals surface area contributed by atoms with Gasteiger partial charge in [0.1, 0.15) is 5.82 Å². The Morgan fingerprint density at radius 1 is 0.944 bits per heavy atom. The van der Waals surface area contributed by atoms with Crippen LogP contribution in [0.2, 0.25) is 0 Å². The van der Waals surface area contributed by atoms with Gasteiger partial charge in [-0.2, -0.15) is 0 Å². The van der Waals surface area contributed by atoms with E-state index < -0.39 is 0 Å². The van der Waals surface area contributed by atoms with Gasteiger partial charge in [-0.25, -0.2) is 4.39 Å². The number of carbonyl (C=O) groups excluding carboxylic acids is 2. The fraction of sp³-hybridized carbons (Fsp3) is 0.407. The lowest BCUT2D eigenvalue weighted by Gasteiger charge is -2.25. The number of likely N-dealkylation sites (tertiary alicyclic amines) is 1. The predicted octanol–water partition coefficient (Wildman–Crippen LogP) is 3.44. The van der Waals surface area contributed by atoms with E-state index in [1.165, 1.54) is 12.1 Å². The summed E-state index contributed by atoms with van der Waals surface area (Å²) >= 11 is 0. The van der Waals surface area contributed by atoms with E-state index in [2.05, 4.69) is 15.1 Å². The monoisotopic (exact) mass is 490 g/mol. The van der Waals surface area contributed by atoms with Gasteiger partial charge in [-0.3, -0.25) is 19.1 Å². The minimum atomic E-state index is -0.303. The zero-order valence-corrected chi connectivity index (χ0v) is 20.5. The molecule has 0 radical (unpaired) electrons. The molecule has 0 unspecified atom stereocenters. The van der Waals surface area contributed by atoms with Crippen LogP contribution in [-0.4, -0.2) is 74.0 Å². The number of aromatic nitrogens is 3. The average Bonchev–Trinajstić information content (AvgIpc) is 3.46. The van der Waals surface area contributed by atoms with E-state index in [-0.39, 0.29) is 29.5 Å². The summed E-state index contributed by atoms with van der Waals surface area (Å²) in [4.78, 5) is 31.6. The summed E-state index contributed by atoms with van der Waals surface area (Å²) in [5, 5.41) is 8.83. The Labute approximate surface area is 210 Å². The Kier molecular flexibility index (Phi) is 7.09. The molecule has 9 heteroatoms. The van der Waals surface area contributed by atoms with Gasteiger partial charge in [-0.05, 0) is 49.1 Å². The standard InChI is InChI=1S/C27H31FN6O2/c1-20(35)32-14-7-13-31(16-17-32)19-25-29-30-26(34(25)23-10-3-2-4-11-23)27(36)33-15-6-12-24(33)21-8-5-9-22(28)18-21/h2-5,8-11,18,24H,6-7,12-17,19H2,1H3/t24-/m1/s1. The summed E-state index contributed by atoms with van der Waals surface area (Å²) in [6.07, 6.45) is 2.51. The van der Waals surface area contributed by atoms with Gasteiger partial charge < -0.3 is 9.80 Å². The first-order valence-corrected chi connectivity index (χ1v) is 12.6. The zero-order valence-electron chi connectivity index (χ0n) is 20.5. The Balaban J connectivity index is 1.44. The van der Waals surface area contributed by atoms with Crippen molar-refractivity contribution >= 4 is 11.8 Å². The van der Waals surface area contributed by atoms with Crippen molar-refractivity contribution in [2.45, 2.75) is 38.8 Å². The van der Waals surface area contributed by atoms with Crippen molar-refractivity contribution in [3.8, 4) is 5.69 Å². The second-order valence-corrected chi connectivity index (χ2v) is 9.46. The van der Waals surface area contributed by atoms with Crippen LogP contribution in [0.5, 0.6) is 0 Å². The van der Waals surface area contributed by atoms with Crippen molar-refractivity contribution in [1.29, 1.82) is 0 Å². The van der Waals surface area contributed by atoms with E-state index in [1.807, 2.05) is 45.9 Å². The topological polar surface area (TPSA) is 74.6 Å². The number of amides is 2. The van der Waals surface area contributed by atoms with Crippen LogP contribution < -0.4 is 0 Å². The highest BCUT2D eigenvalue weighted by molar-refractivity contribution is 5.92. The average molecular weight is 491 g/mol. The third-order valence-electron chi connectivity index (χ3n) is 7.08. The molecule has 36 heavy (non-hydrogen) atoms. The molecule has 0 N–H and O–H groups in total. The fourth-order valence-electron chi connectivity index (χ4n) is 5.25. The molecule has 1 atom stereocenters. The van der Waals surface area contributed by atoms with Gasteiger partial charge >= 0.3 is 0 Å². The van der Waals surface area contributed by atoms with Crippen LogP contribution in [0, 0.1) is 5.82 Å². The first kappa shape index (κ1) is 24.1. The van der Waals surface area contributed by atoms with E-state index in [0.717, 1.165) is 50.1 Å². The molecule has 2 fully saturated rings. The maximum absolute atomic E-state index is 13.9. The predicted molar refractivity (Wildman–Crippen MR) is 133 cm³/mol. The van der Waals surface area contributed by atoms with E-state index in [0.29, 0.717) is 25.5 Å². The highest BCUT2D eigenvalue weighted by Crippen LogP contribution is 2.33. The summed E-state index contributed by atoms with van der Waals surface area (Å²) in [7, 11) is 0. The smallest absolute Gasteiger partial charge is 0.292 e.